The zero-order chi connectivity index (χ0) is 15.3. The summed E-state index contributed by atoms with van der Waals surface area (Å²) in [4.78, 5) is 14.8. The Hall–Kier alpha value is -0.950. The molecule has 0 radical (unpaired) electrons. The highest BCUT2D eigenvalue weighted by Crippen LogP contribution is 2.48. The Morgan fingerprint density at radius 2 is 1.91 bits per heavy atom. The van der Waals surface area contributed by atoms with Crippen molar-refractivity contribution in [3.05, 3.63) is 35.9 Å². The third kappa shape index (κ3) is 2.93. The molecule has 0 aromatic heterocycles. The number of rotatable bonds is 4. The van der Waals surface area contributed by atoms with Crippen molar-refractivity contribution in [2.45, 2.75) is 49.2 Å². The number of ether oxygens (including phenoxy) is 2. The average molecular weight is 384 g/mol. The lowest BCUT2D eigenvalue weighted by Gasteiger charge is -2.38. The van der Waals surface area contributed by atoms with Crippen molar-refractivity contribution in [2.24, 2.45) is 0 Å². The fraction of sp³-hybridized carbons (Fsp3) is 0.588. The van der Waals surface area contributed by atoms with Crippen LogP contribution in [0.5, 0.6) is 0 Å². The molecule has 0 spiro atoms. The quantitative estimate of drug-likeness (QED) is 0.630. The second-order valence-electron chi connectivity index (χ2n) is 6.54. The Kier molecular flexibility index (Phi) is 4.78. The van der Waals surface area contributed by atoms with Crippen LogP contribution in [0.3, 0.4) is 0 Å². The molecule has 3 fully saturated rings. The van der Waals surface area contributed by atoms with Gasteiger partial charge in [0.25, 0.3) is 0 Å². The Balaban J connectivity index is 0.00000156. The first kappa shape index (κ1) is 16.9. The number of halogens is 1. The molecule has 3 aliphatic rings. The number of benzene rings is 1. The van der Waals surface area contributed by atoms with Gasteiger partial charge in [-0.3, -0.25) is 9.69 Å². The topological polar surface area (TPSA) is 62.3 Å². The molecule has 5 nitrogen and oxygen atoms in total. The molecule has 23 heavy (non-hydrogen) atoms. The number of piperidine rings is 1. The Morgan fingerprint density at radius 3 is 2.48 bits per heavy atom. The van der Waals surface area contributed by atoms with Crippen LogP contribution < -0.4 is 0 Å². The maximum Gasteiger partial charge on any atom is 0.316 e. The maximum atomic E-state index is 12.4. The van der Waals surface area contributed by atoms with Crippen molar-refractivity contribution in [1.29, 1.82) is 0 Å². The van der Waals surface area contributed by atoms with Gasteiger partial charge in [-0.05, 0) is 12.6 Å². The number of carbonyl (C=O) groups excluding carboxylic acids is 1. The van der Waals surface area contributed by atoms with Crippen molar-refractivity contribution >= 4 is 23.0 Å². The first-order valence-corrected chi connectivity index (χ1v) is 7.92. The maximum absolute atomic E-state index is 12.4. The summed E-state index contributed by atoms with van der Waals surface area (Å²) in [5.41, 5.74) is 0.803. The van der Waals surface area contributed by atoms with Crippen LogP contribution in [0.1, 0.15) is 24.3 Å². The lowest BCUT2D eigenvalue weighted by molar-refractivity contribution is -0.156. The van der Waals surface area contributed by atoms with Crippen molar-refractivity contribution in [3.63, 3.8) is 0 Å². The molecule has 0 amide bonds. The third-order valence-electron chi connectivity index (χ3n) is 5.33. The number of hydrogen-bond donors (Lipinski definition) is 1. The zero-order valence-electron chi connectivity index (χ0n) is 13.0. The van der Waals surface area contributed by atoms with E-state index in [0.717, 1.165) is 18.4 Å². The Morgan fingerprint density at radius 1 is 1.30 bits per heavy atom. The predicted molar refractivity (Wildman–Crippen MR) is 89.7 cm³/mol. The lowest BCUT2D eigenvalue weighted by atomic mass is 9.97. The lowest BCUT2D eigenvalue weighted by Crippen LogP contribution is -2.48. The third-order valence-corrected chi connectivity index (χ3v) is 5.33. The highest BCUT2D eigenvalue weighted by atomic mass is 79.9. The van der Waals surface area contributed by atoms with Crippen molar-refractivity contribution in [2.75, 3.05) is 13.7 Å². The molecule has 126 valence electrons. The number of epoxide rings is 1. The van der Waals surface area contributed by atoms with Gasteiger partial charge in [-0.15, -0.1) is 17.0 Å². The molecule has 3 heterocycles. The largest absolute Gasteiger partial charge is 0.462 e. The molecule has 3 aliphatic heterocycles. The second kappa shape index (κ2) is 6.51. The van der Waals surface area contributed by atoms with Gasteiger partial charge in [0.1, 0.15) is 24.2 Å². The number of aliphatic hydroxyl groups excluding tert-OH is 1. The van der Waals surface area contributed by atoms with E-state index < -0.39 is 5.92 Å². The van der Waals surface area contributed by atoms with Crippen LogP contribution in [-0.2, 0) is 14.3 Å². The minimum Gasteiger partial charge on any atom is -0.462 e. The van der Waals surface area contributed by atoms with E-state index in [4.69, 9.17) is 9.47 Å². The van der Waals surface area contributed by atoms with Gasteiger partial charge in [-0.1, -0.05) is 30.3 Å². The second-order valence-corrected chi connectivity index (χ2v) is 6.54. The van der Waals surface area contributed by atoms with E-state index in [-0.39, 0.29) is 35.7 Å². The van der Waals surface area contributed by atoms with Crippen LogP contribution in [-0.4, -0.2) is 60.0 Å². The van der Waals surface area contributed by atoms with Crippen LogP contribution in [0.15, 0.2) is 30.3 Å². The van der Waals surface area contributed by atoms with Gasteiger partial charge in [0, 0.05) is 24.9 Å². The number of aliphatic hydroxyl groups is 1. The number of hydrogen-bond acceptors (Lipinski definition) is 5. The van der Waals surface area contributed by atoms with Crippen molar-refractivity contribution < 1.29 is 19.4 Å². The van der Waals surface area contributed by atoms with Gasteiger partial charge in [0.05, 0.1) is 6.61 Å². The molecular formula is C17H22BrNO4. The van der Waals surface area contributed by atoms with Crippen LogP contribution in [0.2, 0.25) is 0 Å². The van der Waals surface area contributed by atoms with Gasteiger partial charge in [-0.2, -0.15) is 0 Å². The molecule has 1 unspecified atom stereocenters. The molecule has 0 aliphatic carbocycles. The normalized spacial score (nSPS) is 35.8. The number of nitrogens with zero attached hydrogens (tertiary/aromatic N) is 1. The zero-order valence-corrected chi connectivity index (χ0v) is 14.7. The SMILES string of the molecule is Br.CN1[C@@H]2CC(OC(=O)[C@@H](CO)c3ccccc3)C[C@H]1[C@@H]1O[C@@H]12. The van der Waals surface area contributed by atoms with E-state index in [1.54, 1.807) is 0 Å². The first-order valence-electron chi connectivity index (χ1n) is 7.92. The van der Waals surface area contributed by atoms with Crippen LogP contribution in [0.25, 0.3) is 0 Å². The van der Waals surface area contributed by atoms with Gasteiger partial charge < -0.3 is 14.6 Å². The molecule has 4 rings (SSSR count). The molecule has 1 aromatic carbocycles. The number of likely N-dealkylation sites (N-methyl/N-ethyl adjacent to an activating group) is 1. The summed E-state index contributed by atoms with van der Waals surface area (Å²) in [7, 11) is 2.13. The van der Waals surface area contributed by atoms with E-state index in [9.17, 15) is 9.90 Å². The first-order chi connectivity index (χ1) is 10.7. The minimum atomic E-state index is -0.593. The van der Waals surface area contributed by atoms with Crippen molar-refractivity contribution in [1.82, 2.24) is 4.90 Å². The summed E-state index contributed by atoms with van der Waals surface area (Å²) in [5.74, 6) is -0.915. The van der Waals surface area contributed by atoms with E-state index in [1.807, 2.05) is 30.3 Å². The van der Waals surface area contributed by atoms with Gasteiger partial charge in [-0.25, -0.2) is 0 Å². The summed E-state index contributed by atoms with van der Waals surface area (Å²) >= 11 is 0. The summed E-state index contributed by atoms with van der Waals surface area (Å²) < 4.78 is 11.4. The van der Waals surface area contributed by atoms with Crippen molar-refractivity contribution in [3.8, 4) is 0 Å². The van der Waals surface area contributed by atoms with Crippen LogP contribution in [0.4, 0.5) is 0 Å². The highest BCUT2D eigenvalue weighted by Gasteiger charge is 2.62. The van der Waals surface area contributed by atoms with E-state index in [2.05, 4.69) is 11.9 Å². The fourth-order valence-corrected chi connectivity index (χ4v) is 4.04. The average Bonchev–Trinajstić information content (AvgIpc) is 3.27. The summed E-state index contributed by atoms with van der Waals surface area (Å²) in [6.45, 7) is -0.226. The van der Waals surface area contributed by atoms with Gasteiger partial charge in [0.15, 0.2) is 0 Å². The number of fused-ring (bicyclic) bond motifs is 5. The summed E-state index contributed by atoms with van der Waals surface area (Å²) in [6.07, 6.45) is 2.26. The number of morpholine rings is 1. The van der Waals surface area contributed by atoms with E-state index in [0.29, 0.717) is 24.3 Å². The highest BCUT2D eigenvalue weighted by molar-refractivity contribution is 8.93. The molecule has 6 heteroatoms. The molecule has 1 N–H and O–H groups in total. The molecule has 3 saturated heterocycles. The summed E-state index contributed by atoms with van der Waals surface area (Å²) in [6, 6.07) is 10.1. The monoisotopic (exact) mass is 383 g/mol. The number of carbonyl (C=O) groups is 1. The smallest absolute Gasteiger partial charge is 0.316 e. The van der Waals surface area contributed by atoms with Crippen LogP contribution >= 0.6 is 17.0 Å². The molecule has 6 atom stereocenters. The summed E-state index contributed by atoms with van der Waals surface area (Å²) in [5, 5.41) is 9.56. The predicted octanol–water partition coefficient (Wildman–Crippen LogP) is 1.50. The Labute approximate surface area is 146 Å². The molecule has 2 bridgehead atoms. The molecule has 0 saturated carbocycles. The van der Waals surface area contributed by atoms with Gasteiger partial charge in [0.2, 0.25) is 0 Å². The van der Waals surface area contributed by atoms with Crippen LogP contribution in [0, 0.1) is 0 Å². The Bertz CT molecular complexity index is 551. The van der Waals surface area contributed by atoms with E-state index in [1.165, 1.54) is 0 Å². The standard InChI is InChI=1S/C17H21NO4.BrH/c1-18-13-7-11(8-14(18)16-15(13)22-16)21-17(20)12(9-19)10-5-3-2-4-6-10;/h2-6,11-16,19H,7-9H2,1H3;1H/t11?,12-,13-,14+,15-,16+;/m0./s1. The van der Waals surface area contributed by atoms with Gasteiger partial charge >= 0.3 is 5.97 Å². The molecule has 1 aromatic rings. The molecular weight excluding hydrogens is 362 g/mol. The number of esters is 1. The van der Waals surface area contributed by atoms with E-state index >= 15 is 0 Å². The fourth-order valence-electron chi connectivity index (χ4n) is 4.04. The minimum absolute atomic E-state index is 0.